The minimum Gasteiger partial charge on any atom is -0.341 e. The van der Waals surface area contributed by atoms with Crippen molar-refractivity contribution in [1.82, 2.24) is 9.80 Å². The Kier molecular flexibility index (Phi) is 4.17. The predicted octanol–water partition coefficient (Wildman–Crippen LogP) is 2.60. The van der Waals surface area contributed by atoms with E-state index in [4.69, 9.17) is 0 Å². The fourth-order valence-corrected chi connectivity index (χ4v) is 3.88. The van der Waals surface area contributed by atoms with E-state index >= 15 is 0 Å². The van der Waals surface area contributed by atoms with E-state index < -0.39 is 0 Å². The number of benzene rings is 1. The van der Waals surface area contributed by atoms with Crippen LogP contribution in [-0.2, 0) is 16.1 Å². The van der Waals surface area contributed by atoms with Gasteiger partial charge in [-0.2, -0.15) is 0 Å². The summed E-state index contributed by atoms with van der Waals surface area (Å²) in [5, 5.41) is 0. The van der Waals surface area contributed by atoms with Crippen molar-refractivity contribution < 1.29 is 9.59 Å². The van der Waals surface area contributed by atoms with Crippen LogP contribution in [-0.4, -0.2) is 41.2 Å². The van der Waals surface area contributed by atoms with Crippen LogP contribution in [0.5, 0.6) is 0 Å². The maximum atomic E-state index is 12.9. The Morgan fingerprint density at radius 3 is 2.70 bits per heavy atom. The molecule has 1 unspecified atom stereocenters. The van der Waals surface area contributed by atoms with Crippen LogP contribution in [0.25, 0.3) is 0 Å². The molecular weight excluding hydrogens is 288 g/mol. The number of amides is 2. The molecule has 2 heterocycles. The number of rotatable bonds is 3. The molecule has 0 bridgehead atoms. The Morgan fingerprint density at radius 1 is 1.26 bits per heavy atom. The summed E-state index contributed by atoms with van der Waals surface area (Å²) < 4.78 is 0. The van der Waals surface area contributed by atoms with Gasteiger partial charge in [0.25, 0.3) is 0 Å². The van der Waals surface area contributed by atoms with Gasteiger partial charge in [-0.1, -0.05) is 43.7 Å². The van der Waals surface area contributed by atoms with Crippen LogP contribution in [0.4, 0.5) is 0 Å². The second-order valence-corrected chi connectivity index (χ2v) is 7.41. The Hall–Kier alpha value is -1.84. The Bertz CT molecular complexity index is 626. The highest BCUT2D eigenvalue weighted by atomic mass is 16.2. The Balaban J connectivity index is 1.68. The zero-order valence-corrected chi connectivity index (χ0v) is 14.3. The van der Waals surface area contributed by atoms with Gasteiger partial charge in [-0.15, -0.1) is 0 Å². The molecule has 4 nitrogen and oxygen atoms in total. The first kappa shape index (κ1) is 16.0. The molecule has 2 saturated heterocycles. The quantitative estimate of drug-likeness (QED) is 0.860. The number of hydrogen-bond donors (Lipinski definition) is 0. The highest BCUT2D eigenvalue weighted by Crippen LogP contribution is 2.41. The molecule has 1 aromatic carbocycles. The molecule has 2 fully saturated rings. The van der Waals surface area contributed by atoms with E-state index in [1.54, 1.807) is 0 Å². The lowest BCUT2D eigenvalue weighted by Crippen LogP contribution is -2.39. The maximum absolute atomic E-state index is 12.9. The molecule has 0 aliphatic carbocycles. The first-order chi connectivity index (χ1) is 10.9. The molecule has 124 valence electrons. The summed E-state index contributed by atoms with van der Waals surface area (Å²) in [6.07, 6.45) is 1.69. The standard InChI is InChI=1S/C19H26N2O2/c1-14(2)17(22)21-10-8-19(13-21)7-9-20(18(19)23)12-16-6-4-5-15(3)11-16/h4-6,11,14H,7-10,12-13H2,1-3H3. The third-order valence-electron chi connectivity index (χ3n) is 5.22. The Labute approximate surface area is 138 Å². The third kappa shape index (κ3) is 2.99. The fourth-order valence-electron chi connectivity index (χ4n) is 3.88. The van der Waals surface area contributed by atoms with Crippen LogP contribution >= 0.6 is 0 Å². The topological polar surface area (TPSA) is 40.6 Å². The molecule has 1 atom stereocenters. The van der Waals surface area contributed by atoms with Crippen LogP contribution in [0.3, 0.4) is 0 Å². The summed E-state index contributed by atoms with van der Waals surface area (Å²) in [4.78, 5) is 29.0. The van der Waals surface area contributed by atoms with Crippen molar-refractivity contribution in [3.63, 3.8) is 0 Å². The summed E-state index contributed by atoms with van der Waals surface area (Å²) >= 11 is 0. The first-order valence-corrected chi connectivity index (χ1v) is 8.55. The summed E-state index contributed by atoms with van der Waals surface area (Å²) in [5.41, 5.74) is 2.08. The summed E-state index contributed by atoms with van der Waals surface area (Å²) in [7, 11) is 0. The number of carbonyl (C=O) groups is 2. The molecule has 0 saturated carbocycles. The molecule has 1 spiro atoms. The van der Waals surface area contributed by atoms with Gasteiger partial charge < -0.3 is 9.80 Å². The van der Waals surface area contributed by atoms with Crippen LogP contribution in [0.15, 0.2) is 24.3 Å². The molecule has 0 N–H and O–H groups in total. The molecule has 2 amide bonds. The number of aryl methyl sites for hydroxylation is 1. The lowest BCUT2D eigenvalue weighted by Gasteiger charge is -2.24. The van der Waals surface area contributed by atoms with Crippen molar-refractivity contribution in [3.05, 3.63) is 35.4 Å². The first-order valence-electron chi connectivity index (χ1n) is 8.55. The normalized spacial score (nSPS) is 24.3. The summed E-state index contributed by atoms with van der Waals surface area (Å²) in [6, 6.07) is 8.33. The third-order valence-corrected chi connectivity index (χ3v) is 5.22. The molecule has 2 aliphatic heterocycles. The number of likely N-dealkylation sites (tertiary alicyclic amines) is 2. The second-order valence-electron chi connectivity index (χ2n) is 7.41. The van der Waals surface area contributed by atoms with Gasteiger partial charge in [-0.3, -0.25) is 9.59 Å². The number of nitrogens with zero attached hydrogens (tertiary/aromatic N) is 2. The van der Waals surface area contributed by atoms with Crippen molar-refractivity contribution in [3.8, 4) is 0 Å². The average molecular weight is 314 g/mol. The zero-order valence-electron chi connectivity index (χ0n) is 14.3. The SMILES string of the molecule is Cc1cccc(CN2CCC3(CCN(C(=O)C(C)C)C3)C2=O)c1. The fraction of sp³-hybridized carbons (Fsp3) is 0.579. The van der Waals surface area contributed by atoms with Crippen molar-refractivity contribution in [2.24, 2.45) is 11.3 Å². The molecule has 0 radical (unpaired) electrons. The van der Waals surface area contributed by atoms with Crippen LogP contribution < -0.4 is 0 Å². The van der Waals surface area contributed by atoms with E-state index in [0.29, 0.717) is 13.1 Å². The van der Waals surface area contributed by atoms with Crippen LogP contribution in [0.2, 0.25) is 0 Å². The van der Waals surface area contributed by atoms with E-state index in [9.17, 15) is 9.59 Å². The maximum Gasteiger partial charge on any atom is 0.231 e. The van der Waals surface area contributed by atoms with Crippen LogP contribution in [0, 0.1) is 18.3 Å². The van der Waals surface area contributed by atoms with E-state index in [-0.39, 0.29) is 23.1 Å². The molecule has 4 heteroatoms. The zero-order chi connectivity index (χ0) is 16.6. The highest BCUT2D eigenvalue weighted by Gasteiger charge is 2.51. The van der Waals surface area contributed by atoms with Gasteiger partial charge in [0.1, 0.15) is 0 Å². The van der Waals surface area contributed by atoms with Gasteiger partial charge in [-0.05, 0) is 25.3 Å². The minimum atomic E-state index is -0.325. The molecule has 1 aromatic rings. The molecule has 23 heavy (non-hydrogen) atoms. The van der Waals surface area contributed by atoms with Gasteiger partial charge in [0.2, 0.25) is 11.8 Å². The van der Waals surface area contributed by atoms with Crippen molar-refractivity contribution in [1.29, 1.82) is 0 Å². The lowest BCUT2D eigenvalue weighted by atomic mass is 9.85. The van der Waals surface area contributed by atoms with Gasteiger partial charge in [0.15, 0.2) is 0 Å². The lowest BCUT2D eigenvalue weighted by molar-refractivity contribution is -0.137. The Morgan fingerprint density at radius 2 is 2.00 bits per heavy atom. The number of carbonyl (C=O) groups excluding carboxylic acids is 2. The van der Waals surface area contributed by atoms with Gasteiger partial charge in [0.05, 0.1) is 5.41 Å². The molecular formula is C19H26N2O2. The predicted molar refractivity (Wildman–Crippen MR) is 89.7 cm³/mol. The molecule has 2 aliphatic rings. The van der Waals surface area contributed by atoms with E-state index in [0.717, 1.165) is 25.9 Å². The van der Waals surface area contributed by atoms with Crippen molar-refractivity contribution in [2.45, 2.75) is 40.2 Å². The smallest absolute Gasteiger partial charge is 0.231 e. The number of hydrogen-bond acceptors (Lipinski definition) is 2. The van der Waals surface area contributed by atoms with E-state index in [1.807, 2.05) is 29.7 Å². The largest absolute Gasteiger partial charge is 0.341 e. The summed E-state index contributed by atoms with van der Waals surface area (Å²) in [6.45, 7) is 8.73. The molecule has 3 rings (SSSR count). The highest BCUT2D eigenvalue weighted by molar-refractivity contribution is 5.87. The van der Waals surface area contributed by atoms with Crippen molar-refractivity contribution >= 4 is 11.8 Å². The van der Waals surface area contributed by atoms with Gasteiger partial charge in [0, 0.05) is 32.1 Å². The molecule has 0 aromatic heterocycles. The summed E-state index contributed by atoms with van der Waals surface area (Å²) in [5.74, 6) is 0.412. The minimum absolute atomic E-state index is 0.00468. The van der Waals surface area contributed by atoms with Gasteiger partial charge >= 0.3 is 0 Å². The second kappa shape index (κ2) is 5.99. The average Bonchev–Trinajstić information content (AvgIpc) is 3.07. The van der Waals surface area contributed by atoms with Crippen molar-refractivity contribution in [2.75, 3.05) is 19.6 Å². The van der Waals surface area contributed by atoms with Gasteiger partial charge in [-0.25, -0.2) is 0 Å². The van der Waals surface area contributed by atoms with Crippen LogP contribution in [0.1, 0.15) is 37.8 Å². The van der Waals surface area contributed by atoms with E-state index in [2.05, 4.69) is 25.1 Å². The van der Waals surface area contributed by atoms with E-state index in [1.165, 1.54) is 11.1 Å². The monoisotopic (exact) mass is 314 g/mol.